The highest BCUT2D eigenvalue weighted by molar-refractivity contribution is 6.30. The summed E-state index contributed by atoms with van der Waals surface area (Å²) in [5, 5.41) is 1.29. The lowest BCUT2D eigenvalue weighted by molar-refractivity contribution is 0.586. The van der Waals surface area contributed by atoms with Crippen LogP contribution in [0.5, 0.6) is 0 Å². The molecule has 0 aliphatic rings. The molecule has 3 rings (SSSR count). The molecule has 0 amide bonds. The fourth-order valence-electron chi connectivity index (χ4n) is 2.18. The first-order valence-corrected chi connectivity index (χ1v) is 6.98. The Balaban J connectivity index is 2.07. The van der Waals surface area contributed by atoms with Gasteiger partial charge in [-0.15, -0.1) is 0 Å². The third-order valence-corrected chi connectivity index (χ3v) is 3.53. The summed E-state index contributed by atoms with van der Waals surface area (Å²) in [5.74, 6) is 0.577. The van der Waals surface area contributed by atoms with Crippen molar-refractivity contribution in [3.63, 3.8) is 0 Å². The third kappa shape index (κ3) is 2.91. The van der Waals surface area contributed by atoms with Gasteiger partial charge >= 0.3 is 0 Å². The van der Waals surface area contributed by atoms with E-state index in [1.807, 2.05) is 49.4 Å². The average Bonchev–Trinajstić information content (AvgIpc) is 2.49. The first-order chi connectivity index (χ1) is 10.1. The number of fused-ring (bicyclic) bond motifs is 1. The summed E-state index contributed by atoms with van der Waals surface area (Å²) in [6.07, 6.45) is 1.96. The molecule has 0 spiro atoms. The van der Waals surface area contributed by atoms with Crippen molar-refractivity contribution in [1.82, 2.24) is 0 Å². The van der Waals surface area contributed by atoms with Crippen molar-refractivity contribution in [3.8, 4) is 0 Å². The summed E-state index contributed by atoms with van der Waals surface area (Å²) in [6, 6.07) is 16.3. The Kier molecular flexibility index (Phi) is 3.63. The Bertz CT molecular complexity index is 874. The highest BCUT2D eigenvalue weighted by atomic mass is 35.5. The maximum atomic E-state index is 12.1. The highest BCUT2D eigenvalue weighted by Crippen LogP contribution is 2.21. The standard InChI is InChI=1S/C18H13ClO2/c1-12(10-13-6-8-14(19)9-7-13)18-11-16(20)15-4-2-3-5-17(15)21-18/h2-11H,1H3/b12-10-. The summed E-state index contributed by atoms with van der Waals surface area (Å²) in [7, 11) is 0. The van der Waals surface area contributed by atoms with Gasteiger partial charge in [-0.25, -0.2) is 0 Å². The summed E-state index contributed by atoms with van der Waals surface area (Å²) < 4.78 is 5.81. The second-order valence-corrected chi connectivity index (χ2v) is 5.29. The molecule has 3 heteroatoms. The van der Waals surface area contributed by atoms with E-state index in [4.69, 9.17) is 16.0 Å². The Hall–Kier alpha value is -2.32. The zero-order valence-electron chi connectivity index (χ0n) is 11.5. The van der Waals surface area contributed by atoms with Crippen LogP contribution in [0.3, 0.4) is 0 Å². The van der Waals surface area contributed by atoms with E-state index in [0.717, 1.165) is 11.1 Å². The van der Waals surface area contributed by atoms with Crippen LogP contribution in [0.1, 0.15) is 18.2 Å². The summed E-state index contributed by atoms with van der Waals surface area (Å²) >= 11 is 5.87. The van der Waals surface area contributed by atoms with Gasteiger partial charge in [0, 0.05) is 11.1 Å². The monoisotopic (exact) mass is 296 g/mol. The molecule has 0 saturated heterocycles. The maximum absolute atomic E-state index is 12.1. The summed E-state index contributed by atoms with van der Waals surface area (Å²) in [6.45, 7) is 1.92. The van der Waals surface area contributed by atoms with Gasteiger partial charge in [-0.05, 0) is 48.4 Å². The number of benzene rings is 2. The fraction of sp³-hybridized carbons (Fsp3) is 0.0556. The molecule has 0 unspecified atom stereocenters. The molecule has 0 atom stereocenters. The smallest absolute Gasteiger partial charge is 0.193 e. The van der Waals surface area contributed by atoms with E-state index < -0.39 is 0 Å². The predicted octanol–water partition coefficient (Wildman–Crippen LogP) is 5.01. The topological polar surface area (TPSA) is 30.2 Å². The molecule has 0 radical (unpaired) electrons. The van der Waals surface area contributed by atoms with Crippen molar-refractivity contribution in [3.05, 3.63) is 81.2 Å². The lowest BCUT2D eigenvalue weighted by Gasteiger charge is -2.03. The van der Waals surface area contributed by atoms with Gasteiger partial charge in [0.25, 0.3) is 0 Å². The number of allylic oxidation sites excluding steroid dienone is 1. The lowest BCUT2D eigenvalue weighted by atomic mass is 10.1. The average molecular weight is 297 g/mol. The van der Waals surface area contributed by atoms with Crippen LogP contribution in [0.15, 0.2) is 63.8 Å². The molecular weight excluding hydrogens is 284 g/mol. The molecule has 2 aromatic carbocycles. The van der Waals surface area contributed by atoms with Crippen LogP contribution in [0.25, 0.3) is 22.6 Å². The summed E-state index contributed by atoms with van der Waals surface area (Å²) in [5.41, 5.74) is 2.47. The van der Waals surface area contributed by atoms with Crippen LogP contribution >= 0.6 is 11.6 Å². The van der Waals surface area contributed by atoms with E-state index in [1.165, 1.54) is 6.07 Å². The number of hydrogen-bond donors (Lipinski definition) is 0. The van der Waals surface area contributed by atoms with Gasteiger partial charge in [-0.1, -0.05) is 35.9 Å². The second-order valence-electron chi connectivity index (χ2n) is 4.85. The highest BCUT2D eigenvalue weighted by Gasteiger charge is 2.05. The van der Waals surface area contributed by atoms with E-state index in [0.29, 0.717) is 21.8 Å². The molecule has 0 bridgehead atoms. The van der Waals surface area contributed by atoms with Gasteiger partial charge < -0.3 is 4.42 Å². The van der Waals surface area contributed by atoms with Crippen molar-refractivity contribution >= 4 is 34.2 Å². The van der Waals surface area contributed by atoms with Crippen LogP contribution in [0, 0.1) is 0 Å². The van der Waals surface area contributed by atoms with Crippen molar-refractivity contribution in [2.24, 2.45) is 0 Å². The third-order valence-electron chi connectivity index (χ3n) is 3.28. The molecule has 1 aromatic heterocycles. The van der Waals surface area contributed by atoms with Crippen LogP contribution in [-0.4, -0.2) is 0 Å². The quantitative estimate of drug-likeness (QED) is 0.665. The fourth-order valence-corrected chi connectivity index (χ4v) is 2.30. The molecule has 0 aliphatic carbocycles. The number of rotatable bonds is 2. The minimum Gasteiger partial charge on any atom is -0.456 e. The normalized spacial score (nSPS) is 11.8. The number of hydrogen-bond acceptors (Lipinski definition) is 2. The van der Waals surface area contributed by atoms with Gasteiger partial charge in [0.15, 0.2) is 5.43 Å². The predicted molar refractivity (Wildman–Crippen MR) is 87.5 cm³/mol. The second kappa shape index (κ2) is 5.58. The zero-order valence-corrected chi connectivity index (χ0v) is 12.2. The van der Waals surface area contributed by atoms with Crippen LogP contribution in [0.2, 0.25) is 5.02 Å². The van der Waals surface area contributed by atoms with Gasteiger partial charge in [0.05, 0.1) is 5.39 Å². The van der Waals surface area contributed by atoms with Crippen LogP contribution < -0.4 is 5.43 Å². The molecule has 3 aromatic rings. The van der Waals surface area contributed by atoms with Crippen molar-refractivity contribution in [2.75, 3.05) is 0 Å². The molecular formula is C18H13ClO2. The van der Waals surface area contributed by atoms with Crippen molar-refractivity contribution < 1.29 is 4.42 Å². The molecule has 0 saturated carbocycles. The molecule has 1 heterocycles. The molecule has 2 nitrogen and oxygen atoms in total. The summed E-state index contributed by atoms with van der Waals surface area (Å²) in [4.78, 5) is 12.1. The zero-order chi connectivity index (χ0) is 14.8. The van der Waals surface area contributed by atoms with Gasteiger partial charge in [0.2, 0.25) is 0 Å². The first-order valence-electron chi connectivity index (χ1n) is 6.60. The maximum Gasteiger partial charge on any atom is 0.193 e. The molecule has 0 aliphatic heterocycles. The van der Waals surface area contributed by atoms with Crippen LogP contribution in [-0.2, 0) is 0 Å². The first kappa shape index (κ1) is 13.7. The van der Waals surface area contributed by atoms with Crippen LogP contribution in [0.4, 0.5) is 0 Å². The van der Waals surface area contributed by atoms with Gasteiger partial charge in [0.1, 0.15) is 11.3 Å². The Morgan fingerprint density at radius 2 is 1.81 bits per heavy atom. The van der Waals surface area contributed by atoms with E-state index in [-0.39, 0.29) is 5.43 Å². The molecule has 0 fully saturated rings. The van der Waals surface area contributed by atoms with E-state index >= 15 is 0 Å². The van der Waals surface area contributed by atoms with E-state index in [9.17, 15) is 4.79 Å². The molecule has 21 heavy (non-hydrogen) atoms. The van der Waals surface area contributed by atoms with Gasteiger partial charge in [-0.2, -0.15) is 0 Å². The largest absolute Gasteiger partial charge is 0.456 e. The minimum atomic E-state index is -0.0318. The van der Waals surface area contributed by atoms with Crippen molar-refractivity contribution in [2.45, 2.75) is 6.92 Å². The Morgan fingerprint density at radius 3 is 2.57 bits per heavy atom. The van der Waals surface area contributed by atoms with Gasteiger partial charge in [-0.3, -0.25) is 4.79 Å². The number of halogens is 1. The Morgan fingerprint density at radius 1 is 1.10 bits per heavy atom. The number of para-hydroxylation sites is 1. The lowest BCUT2D eigenvalue weighted by Crippen LogP contribution is -2.00. The molecule has 0 N–H and O–H groups in total. The SMILES string of the molecule is C/C(=C/c1ccc(Cl)cc1)c1cc(=O)c2ccccc2o1. The van der Waals surface area contributed by atoms with E-state index in [1.54, 1.807) is 12.1 Å². The molecule has 104 valence electrons. The van der Waals surface area contributed by atoms with E-state index in [2.05, 4.69) is 0 Å². The van der Waals surface area contributed by atoms with Crippen molar-refractivity contribution in [1.29, 1.82) is 0 Å². The Labute approximate surface area is 127 Å². The minimum absolute atomic E-state index is 0.0318.